The molecule has 1 aliphatic rings. The Morgan fingerprint density at radius 2 is 1.68 bits per heavy atom. The molecule has 0 saturated heterocycles. The fraction of sp³-hybridized carbons (Fsp3) is 0.176. The lowest BCUT2D eigenvalue weighted by atomic mass is 10.2. The van der Waals surface area contributed by atoms with Gasteiger partial charge >= 0.3 is 0 Å². The van der Waals surface area contributed by atoms with Crippen LogP contribution in [0.1, 0.15) is 11.1 Å². The van der Waals surface area contributed by atoms with Crippen LogP contribution in [0.15, 0.2) is 54.6 Å². The molecule has 0 amide bonds. The number of halogens is 1. The smallest absolute Gasteiger partial charge is 0.144 e. The van der Waals surface area contributed by atoms with Gasteiger partial charge in [0.25, 0.3) is 0 Å². The molecule has 0 spiro atoms. The van der Waals surface area contributed by atoms with Crippen molar-refractivity contribution >= 4 is 5.69 Å². The summed E-state index contributed by atoms with van der Waals surface area (Å²) in [6.07, 6.45) is 1.18. The van der Waals surface area contributed by atoms with Gasteiger partial charge in [0, 0.05) is 17.5 Å². The van der Waals surface area contributed by atoms with Crippen LogP contribution in [0.2, 0.25) is 0 Å². The van der Waals surface area contributed by atoms with E-state index in [-0.39, 0.29) is 12.4 Å². The van der Waals surface area contributed by atoms with E-state index in [4.69, 9.17) is 0 Å². The van der Waals surface area contributed by atoms with Crippen molar-refractivity contribution in [1.82, 2.24) is 0 Å². The first-order valence-electron chi connectivity index (χ1n) is 6.40. The molecule has 3 rings (SSSR count). The van der Waals surface area contributed by atoms with Crippen molar-refractivity contribution in [3.63, 3.8) is 0 Å². The SMILES string of the molecule is C(#Cc1ccccc1)C[NH+]1CCc2ccccc21.[Cl-]. The van der Waals surface area contributed by atoms with Crippen LogP contribution < -0.4 is 17.3 Å². The lowest BCUT2D eigenvalue weighted by Gasteiger charge is -2.08. The minimum absolute atomic E-state index is 0. The topological polar surface area (TPSA) is 4.44 Å². The van der Waals surface area contributed by atoms with Gasteiger partial charge in [0.2, 0.25) is 0 Å². The molecule has 2 aromatic carbocycles. The molecule has 1 N–H and O–H groups in total. The summed E-state index contributed by atoms with van der Waals surface area (Å²) in [6, 6.07) is 18.9. The van der Waals surface area contributed by atoms with Gasteiger partial charge in [-0.25, -0.2) is 0 Å². The van der Waals surface area contributed by atoms with E-state index in [0.29, 0.717) is 0 Å². The van der Waals surface area contributed by atoms with Gasteiger partial charge in [0.1, 0.15) is 12.2 Å². The van der Waals surface area contributed by atoms with E-state index in [1.54, 1.807) is 0 Å². The van der Waals surface area contributed by atoms with E-state index in [1.165, 1.54) is 29.1 Å². The lowest BCUT2D eigenvalue weighted by Crippen LogP contribution is -3.05. The maximum atomic E-state index is 3.30. The summed E-state index contributed by atoms with van der Waals surface area (Å²) in [5, 5.41) is 0. The van der Waals surface area contributed by atoms with Crippen molar-refractivity contribution in [2.24, 2.45) is 0 Å². The zero-order valence-electron chi connectivity index (χ0n) is 10.7. The number of benzene rings is 2. The van der Waals surface area contributed by atoms with Crippen LogP contribution in [0.25, 0.3) is 0 Å². The first-order valence-corrected chi connectivity index (χ1v) is 6.40. The van der Waals surface area contributed by atoms with Crippen LogP contribution in [0.5, 0.6) is 0 Å². The van der Waals surface area contributed by atoms with Crippen molar-refractivity contribution in [3.05, 3.63) is 65.7 Å². The quantitative estimate of drug-likeness (QED) is 0.622. The van der Waals surface area contributed by atoms with Crippen LogP contribution in [0.3, 0.4) is 0 Å². The van der Waals surface area contributed by atoms with E-state index in [2.05, 4.69) is 48.2 Å². The highest BCUT2D eigenvalue weighted by atomic mass is 35.5. The molecule has 0 aliphatic carbocycles. The summed E-state index contributed by atoms with van der Waals surface area (Å²) in [5.74, 6) is 6.53. The Morgan fingerprint density at radius 1 is 0.947 bits per heavy atom. The number of hydrogen-bond donors (Lipinski definition) is 1. The summed E-state index contributed by atoms with van der Waals surface area (Å²) >= 11 is 0. The van der Waals surface area contributed by atoms with Gasteiger partial charge in [0.15, 0.2) is 0 Å². The fourth-order valence-corrected chi connectivity index (χ4v) is 2.46. The highest BCUT2D eigenvalue weighted by Gasteiger charge is 2.22. The van der Waals surface area contributed by atoms with E-state index in [9.17, 15) is 0 Å². The Labute approximate surface area is 120 Å². The zero-order chi connectivity index (χ0) is 12.2. The second-order valence-corrected chi connectivity index (χ2v) is 4.61. The van der Waals surface area contributed by atoms with Crippen molar-refractivity contribution in [2.45, 2.75) is 6.42 Å². The maximum absolute atomic E-state index is 3.30. The summed E-state index contributed by atoms with van der Waals surface area (Å²) in [6.45, 7) is 2.06. The predicted molar refractivity (Wildman–Crippen MR) is 73.8 cm³/mol. The van der Waals surface area contributed by atoms with E-state index >= 15 is 0 Å². The van der Waals surface area contributed by atoms with Crippen LogP contribution in [0, 0.1) is 11.8 Å². The van der Waals surface area contributed by atoms with Crippen LogP contribution in [-0.2, 0) is 6.42 Å². The van der Waals surface area contributed by atoms with Crippen molar-refractivity contribution in [2.75, 3.05) is 13.1 Å². The first kappa shape index (κ1) is 13.7. The first-order chi connectivity index (χ1) is 8.93. The number of hydrogen-bond acceptors (Lipinski definition) is 0. The summed E-state index contributed by atoms with van der Waals surface area (Å²) in [4.78, 5) is 1.49. The van der Waals surface area contributed by atoms with Crippen molar-refractivity contribution in [1.29, 1.82) is 0 Å². The van der Waals surface area contributed by atoms with Crippen LogP contribution in [-0.4, -0.2) is 13.1 Å². The third-order valence-electron chi connectivity index (χ3n) is 3.40. The third kappa shape index (κ3) is 3.17. The Morgan fingerprint density at radius 3 is 2.53 bits per heavy atom. The molecule has 2 heteroatoms. The minimum Gasteiger partial charge on any atom is -1.00 e. The van der Waals surface area contributed by atoms with Gasteiger partial charge in [-0.3, -0.25) is 4.90 Å². The van der Waals surface area contributed by atoms with Gasteiger partial charge in [-0.2, -0.15) is 0 Å². The molecular weight excluding hydrogens is 254 g/mol. The Bertz CT molecular complexity index is 595. The summed E-state index contributed by atoms with van der Waals surface area (Å²) in [7, 11) is 0. The number of para-hydroxylation sites is 1. The molecule has 1 heterocycles. The largest absolute Gasteiger partial charge is 1.00 e. The molecule has 0 saturated carbocycles. The molecule has 0 radical (unpaired) electrons. The predicted octanol–water partition coefficient (Wildman–Crippen LogP) is -1.19. The second kappa shape index (κ2) is 6.43. The molecular formula is C17H16ClN. The zero-order valence-corrected chi connectivity index (χ0v) is 11.5. The molecule has 1 atom stereocenters. The molecule has 1 nitrogen and oxygen atoms in total. The monoisotopic (exact) mass is 269 g/mol. The second-order valence-electron chi connectivity index (χ2n) is 4.61. The fourth-order valence-electron chi connectivity index (χ4n) is 2.46. The molecule has 0 bridgehead atoms. The average molecular weight is 270 g/mol. The van der Waals surface area contributed by atoms with Crippen LogP contribution >= 0.6 is 0 Å². The van der Waals surface area contributed by atoms with E-state index < -0.39 is 0 Å². The molecule has 0 aromatic heterocycles. The molecule has 1 aliphatic heterocycles. The highest BCUT2D eigenvalue weighted by molar-refractivity contribution is 5.42. The molecule has 96 valence electrons. The van der Waals surface area contributed by atoms with E-state index in [0.717, 1.165) is 12.1 Å². The van der Waals surface area contributed by atoms with Crippen molar-refractivity contribution in [3.8, 4) is 11.8 Å². The minimum atomic E-state index is 0. The number of quaternary nitrogens is 1. The van der Waals surface area contributed by atoms with Gasteiger partial charge in [0.05, 0.1) is 6.54 Å². The molecule has 2 aromatic rings. The van der Waals surface area contributed by atoms with E-state index in [1.807, 2.05) is 18.2 Å². The average Bonchev–Trinajstić information content (AvgIpc) is 2.84. The standard InChI is InChI=1S/C17H15N.ClH/c1-2-7-15(8-3-1)9-6-13-18-14-12-16-10-4-5-11-17(16)18;/h1-5,7-8,10-11H,12-14H2;1H. The third-order valence-corrected chi connectivity index (χ3v) is 3.40. The summed E-state index contributed by atoms with van der Waals surface area (Å²) in [5.41, 5.74) is 4.01. The van der Waals surface area contributed by atoms with Gasteiger partial charge < -0.3 is 12.4 Å². The number of fused-ring (bicyclic) bond motifs is 1. The molecule has 0 fully saturated rings. The van der Waals surface area contributed by atoms with Gasteiger partial charge in [-0.1, -0.05) is 42.3 Å². The van der Waals surface area contributed by atoms with Gasteiger partial charge in [-0.05, 0) is 24.1 Å². The normalized spacial score (nSPS) is 15.9. The van der Waals surface area contributed by atoms with Crippen LogP contribution in [0.4, 0.5) is 5.69 Å². The summed E-state index contributed by atoms with van der Waals surface area (Å²) < 4.78 is 0. The Balaban J connectivity index is 0.00000133. The molecule has 1 unspecified atom stereocenters. The Hall–Kier alpha value is -1.75. The Kier molecular flexibility index (Phi) is 4.63. The van der Waals surface area contributed by atoms with Crippen molar-refractivity contribution < 1.29 is 17.3 Å². The lowest BCUT2D eigenvalue weighted by molar-refractivity contribution is -0.817. The maximum Gasteiger partial charge on any atom is 0.144 e. The van der Waals surface area contributed by atoms with Gasteiger partial charge in [-0.15, -0.1) is 0 Å². The highest BCUT2D eigenvalue weighted by Crippen LogP contribution is 2.14. The molecule has 19 heavy (non-hydrogen) atoms. The number of rotatable bonds is 1. The number of nitrogens with one attached hydrogen (secondary N) is 1.